The third kappa shape index (κ3) is 3.63. The second-order valence-electron chi connectivity index (χ2n) is 6.34. The zero-order valence-corrected chi connectivity index (χ0v) is 14.9. The van der Waals surface area contributed by atoms with Crippen LogP contribution in [0.25, 0.3) is 5.65 Å². The molecule has 25 heavy (non-hydrogen) atoms. The van der Waals surface area contributed by atoms with Crippen molar-refractivity contribution in [2.24, 2.45) is 0 Å². The van der Waals surface area contributed by atoms with Crippen molar-refractivity contribution in [1.82, 2.24) is 9.38 Å². The molecule has 0 bridgehead atoms. The number of anilines is 1. The van der Waals surface area contributed by atoms with Crippen LogP contribution in [0.5, 0.6) is 0 Å². The molecule has 128 valence electrons. The molecule has 0 aliphatic heterocycles. The lowest BCUT2D eigenvalue weighted by atomic mass is 10.1. The molecule has 0 spiro atoms. The molecule has 1 amide bonds. The van der Waals surface area contributed by atoms with Crippen molar-refractivity contribution in [3.05, 3.63) is 77.8 Å². The highest BCUT2D eigenvalue weighted by Crippen LogP contribution is 2.22. The molecule has 4 nitrogen and oxygen atoms in total. The summed E-state index contributed by atoms with van der Waals surface area (Å²) in [5.74, 6) is 0.208. The van der Waals surface area contributed by atoms with E-state index in [1.54, 1.807) is 0 Å². The summed E-state index contributed by atoms with van der Waals surface area (Å²) in [6.07, 6.45) is 6.95. The van der Waals surface area contributed by atoms with E-state index in [0.717, 1.165) is 23.4 Å². The van der Waals surface area contributed by atoms with E-state index in [9.17, 15) is 4.79 Å². The largest absolute Gasteiger partial charge is 0.322 e. The summed E-state index contributed by atoms with van der Waals surface area (Å²) in [5, 5.41) is 2.91. The number of fused-ring (bicyclic) bond motifs is 1. The molecule has 1 aromatic carbocycles. The third-order valence-electron chi connectivity index (χ3n) is 4.14. The van der Waals surface area contributed by atoms with E-state index < -0.39 is 0 Å². The number of pyridine rings is 1. The van der Waals surface area contributed by atoms with Crippen LogP contribution < -0.4 is 5.32 Å². The Balaban J connectivity index is 1.95. The van der Waals surface area contributed by atoms with Gasteiger partial charge in [-0.05, 0) is 37.1 Å². The van der Waals surface area contributed by atoms with Crippen LogP contribution in [0.2, 0.25) is 0 Å². The highest BCUT2D eigenvalue weighted by Gasteiger charge is 2.15. The lowest BCUT2D eigenvalue weighted by Gasteiger charge is -2.07. The number of amides is 1. The average molecular weight is 333 g/mol. The van der Waals surface area contributed by atoms with Crippen molar-refractivity contribution in [3.8, 4) is 0 Å². The first-order valence-corrected chi connectivity index (χ1v) is 8.58. The molecule has 3 rings (SSSR count). The summed E-state index contributed by atoms with van der Waals surface area (Å²) in [7, 11) is 0. The first kappa shape index (κ1) is 17.0. The van der Waals surface area contributed by atoms with Gasteiger partial charge in [0.15, 0.2) is 0 Å². The lowest BCUT2D eigenvalue weighted by Crippen LogP contribution is -2.12. The first-order chi connectivity index (χ1) is 12.1. The van der Waals surface area contributed by atoms with Gasteiger partial charge in [-0.25, -0.2) is 4.98 Å². The number of imidazole rings is 1. The number of hydrogen-bond acceptors (Lipinski definition) is 2. The Hall–Kier alpha value is -2.88. The van der Waals surface area contributed by atoms with Gasteiger partial charge >= 0.3 is 0 Å². The second kappa shape index (κ2) is 7.34. The minimum atomic E-state index is -0.127. The van der Waals surface area contributed by atoms with Crippen LogP contribution in [0, 0.1) is 0 Å². The Morgan fingerprint density at radius 3 is 2.68 bits per heavy atom. The van der Waals surface area contributed by atoms with Crippen molar-refractivity contribution in [3.63, 3.8) is 0 Å². The molecule has 1 N–H and O–H groups in total. The number of hydrogen-bond donors (Lipinski definition) is 1. The van der Waals surface area contributed by atoms with Crippen molar-refractivity contribution < 1.29 is 4.79 Å². The normalized spacial score (nSPS) is 11.5. The number of nitrogens with one attached hydrogen (secondary N) is 1. The van der Waals surface area contributed by atoms with Gasteiger partial charge in [-0.15, -0.1) is 0 Å². The fourth-order valence-corrected chi connectivity index (χ4v) is 2.87. The molecule has 0 saturated carbocycles. The van der Waals surface area contributed by atoms with E-state index in [0.29, 0.717) is 11.5 Å². The molecule has 3 aromatic rings. The molecule has 4 heteroatoms. The first-order valence-electron chi connectivity index (χ1n) is 8.58. The number of rotatable bonds is 5. The van der Waals surface area contributed by atoms with Gasteiger partial charge in [0.05, 0.1) is 5.69 Å². The standard InChI is InChI=1S/C21H23N3O/c1-4-5-11-18-20(15(2)3)23-19-14-16(12-13-24(18)19)21(25)22-17-9-7-6-8-10-17/h4-10,12-15H,11H2,1-3H3,(H,22,25)/b5-4+. The number of allylic oxidation sites excluding steroid dienone is 2. The Morgan fingerprint density at radius 2 is 2.00 bits per heavy atom. The molecule has 0 aliphatic rings. The summed E-state index contributed by atoms with van der Waals surface area (Å²) in [6, 6.07) is 13.2. The molecular weight excluding hydrogens is 310 g/mol. The lowest BCUT2D eigenvalue weighted by molar-refractivity contribution is 0.102. The van der Waals surface area contributed by atoms with E-state index in [1.807, 2.05) is 61.7 Å². The van der Waals surface area contributed by atoms with Gasteiger partial charge in [0.25, 0.3) is 5.91 Å². The van der Waals surface area contributed by atoms with Gasteiger partial charge in [-0.2, -0.15) is 0 Å². The minimum Gasteiger partial charge on any atom is -0.322 e. The van der Waals surface area contributed by atoms with Gasteiger partial charge in [0.2, 0.25) is 0 Å². The van der Waals surface area contributed by atoms with Crippen LogP contribution in [0.3, 0.4) is 0 Å². The van der Waals surface area contributed by atoms with Crippen LogP contribution in [0.1, 0.15) is 48.4 Å². The highest BCUT2D eigenvalue weighted by molar-refractivity contribution is 6.04. The van der Waals surface area contributed by atoms with E-state index in [-0.39, 0.29) is 5.91 Å². The van der Waals surface area contributed by atoms with Crippen LogP contribution in [0.4, 0.5) is 5.69 Å². The number of carbonyl (C=O) groups is 1. The Labute approximate surface area is 148 Å². The topological polar surface area (TPSA) is 46.4 Å². The summed E-state index contributed by atoms with van der Waals surface area (Å²) in [4.78, 5) is 17.3. The van der Waals surface area contributed by atoms with Crippen LogP contribution in [0.15, 0.2) is 60.8 Å². The number of nitrogens with zero attached hydrogens (tertiary/aromatic N) is 2. The molecule has 0 saturated heterocycles. The summed E-state index contributed by atoms with van der Waals surface area (Å²) in [5.41, 5.74) is 4.46. The van der Waals surface area contributed by atoms with Gasteiger partial charge in [0.1, 0.15) is 5.65 Å². The maximum atomic E-state index is 12.5. The Kier molecular flexibility index (Phi) is 4.98. The van der Waals surface area contributed by atoms with E-state index >= 15 is 0 Å². The molecule has 0 aliphatic carbocycles. The van der Waals surface area contributed by atoms with E-state index in [4.69, 9.17) is 4.98 Å². The maximum absolute atomic E-state index is 12.5. The zero-order valence-electron chi connectivity index (χ0n) is 14.9. The number of benzene rings is 1. The third-order valence-corrected chi connectivity index (χ3v) is 4.14. The Bertz CT molecular complexity index is 908. The predicted molar refractivity (Wildman–Crippen MR) is 102 cm³/mol. The van der Waals surface area contributed by atoms with Crippen molar-refractivity contribution >= 4 is 17.2 Å². The average Bonchev–Trinajstić information content (AvgIpc) is 2.98. The molecule has 2 aromatic heterocycles. The SMILES string of the molecule is C/C=C/Cc1c(C(C)C)nc2cc(C(=O)Nc3ccccc3)ccn12. The molecule has 0 radical (unpaired) electrons. The predicted octanol–water partition coefficient (Wildman–Crippen LogP) is 4.83. The van der Waals surface area contributed by atoms with Gasteiger partial charge in [-0.3, -0.25) is 4.79 Å². The van der Waals surface area contributed by atoms with Gasteiger partial charge in [0, 0.05) is 29.6 Å². The highest BCUT2D eigenvalue weighted by atomic mass is 16.1. The molecular formula is C21H23N3O. The quantitative estimate of drug-likeness (QED) is 0.680. The molecule has 0 unspecified atom stereocenters. The van der Waals surface area contributed by atoms with E-state index in [1.165, 1.54) is 5.69 Å². The van der Waals surface area contributed by atoms with Crippen LogP contribution in [-0.2, 0) is 6.42 Å². The smallest absolute Gasteiger partial charge is 0.255 e. The molecule has 0 fully saturated rings. The summed E-state index contributed by atoms with van der Waals surface area (Å²) >= 11 is 0. The van der Waals surface area contributed by atoms with Gasteiger partial charge < -0.3 is 9.72 Å². The van der Waals surface area contributed by atoms with Crippen LogP contribution >= 0.6 is 0 Å². The summed E-state index contributed by atoms with van der Waals surface area (Å²) < 4.78 is 2.08. The summed E-state index contributed by atoms with van der Waals surface area (Å²) in [6.45, 7) is 6.30. The van der Waals surface area contributed by atoms with E-state index in [2.05, 4.69) is 29.6 Å². The second-order valence-corrected chi connectivity index (χ2v) is 6.34. The minimum absolute atomic E-state index is 0.127. The zero-order chi connectivity index (χ0) is 17.8. The number of aromatic nitrogens is 2. The molecule has 0 atom stereocenters. The number of carbonyl (C=O) groups excluding carboxylic acids is 1. The number of para-hydroxylation sites is 1. The fourth-order valence-electron chi connectivity index (χ4n) is 2.87. The fraction of sp³-hybridized carbons (Fsp3) is 0.238. The Morgan fingerprint density at radius 1 is 1.24 bits per heavy atom. The maximum Gasteiger partial charge on any atom is 0.255 e. The monoisotopic (exact) mass is 333 g/mol. The molecule has 2 heterocycles. The van der Waals surface area contributed by atoms with Crippen molar-refractivity contribution in [2.75, 3.05) is 5.32 Å². The van der Waals surface area contributed by atoms with Crippen molar-refractivity contribution in [1.29, 1.82) is 0 Å². The van der Waals surface area contributed by atoms with Crippen molar-refractivity contribution in [2.45, 2.75) is 33.1 Å². The van der Waals surface area contributed by atoms with Gasteiger partial charge in [-0.1, -0.05) is 44.2 Å². The van der Waals surface area contributed by atoms with Crippen LogP contribution in [-0.4, -0.2) is 15.3 Å².